The molecule has 2 aliphatic rings. The van der Waals surface area contributed by atoms with Gasteiger partial charge in [0.25, 0.3) is 11.8 Å². The fourth-order valence-corrected chi connectivity index (χ4v) is 7.51. The Morgan fingerprint density at radius 2 is 1.82 bits per heavy atom. The lowest BCUT2D eigenvalue weighted by Gasteiger charge is -2.35. The molecule has 1 aliphatic carbocycles. The van der Waals surface area contributed by atoms with Crippen LogP contribution < -0.4 is 15.5 Å². The molecule has 2 amide bonds. The Morgan fingerprint density at radius 3 is 2.62 bits per heavy atom. The van der Waals surface area contributed by atoms with E-state index in [-0.39, 0.29) is 30.9 Å². The number of aryl methyl sites for hydroxylation is 2. The van der Waals surface area contributed by atoms with Gasteiger partial charge in [0.15, 0.2) is 0 Å². The average molecular weight is 633 g/mol. The fraction of sp³-hybridized carbons (Fsp3) is 0.400. The number of hydroxylamine groups is 1. The number of rotatable bonds is 12. The van der Waals surface area contributed by atoms with Crippen LogP contribution in [0.2, 0.25) is 0 Å². The highest BCUT2D eigenvalue weighted by atomic mass is 32.2. The van der Waals surface area contributed by atoms with Crippen LogP contribution in [-0.4, -0.2) is 35.2 Å². The minimum atomic E-state index is -1.42. The molecule has 3 aromatic carbocycles. The number of aliphatic carboxylic acids is 1. The van der Waals surface area contributed by atoms with Gasteiger partial charge in [-0.15, -0.1) is 4.72 Å². The zero-order valence-electron chi connectivity index (χ0n) is 25.8. The lowest BCUT2D eigenvalue weighted by molar-refractivity contribution is -0.137. The van der Waals surface area contributed by atoms with E-state index in [0.717, 1.165) is 59.9 Å². The van der Waals surface area contributed by atoms with Crippen molar-refractivity contribution in [1.29, 1.82) is 0 Å². The number of hydrogen-bond donors (Lipinski definition) is 4. The Morgan fingerprint density at radius 1 is 1.02 bits per heavy atom. The highest BCUT2D eigenvalue weighted by molar-refractivity contribution is 7.82. The van der Waals surface area contributed by atoms with Crippen LogP contribution in [0.15, 0.2) is 66.7 Å². The Hall–Kier alpha value is -3.86. The molecule has 1 fully saturated rings. The molecule has 3 aromatic rings. The third-order valence-corrected chi connectivity index (χ3v) is 9.49. The van der Waals surface area contributed by atoms with Gasteiger partial charge in [-0.2, -0.15) is 0 Å². The van der Waals surface area contributed by atoms with Crippen LogP contribution >= 0.6 is 0 Å². The van der Waals surface area contributed by atoms with E-state index in [0.29, 0.717) is 23.5 Å². The second-order valence-corrected chi connectivity index (χ2v) is 13.5. The van der Waals surface area contributed by atoms with Gasteiger partial charge in [-0.05, 0) is 72.4 Å². The van der Waals surface area contributed by atoms with Crippen molar-refractivity contribution in [1.82, 2.24) is 15.5 Å². The van der Waals surface area contributed by atoms with E-state index in [9.17, 15) is 18.6 Å². The summed E-state index contributed by atoms with van der Waals surface area (Å²) in [6, 6.07) is 20.4. The number of benzene rings is 3. The van der Waals surface area contributed by atoms with Gasteiger partial charge in [-0.3, -0.25) is 19.2 Å². The molecule has 1 aliphatic heterocycles. The Balaban J connectivity index is 1.37. The standard InChI is InChI=1S/C35H41N3O6S/c1-22-13-15-28(26(17-22)19-24-8-6-10-27(20-24)38-45(2)43)33-32(29-11-3-4-12-30(29)34(41)36-33)35(42)37-44-21-25-9-5-7-23(18-25)14-16-31(39)40/h3-5,7,9,11-13,15,17-18,24,27,32-33H,6,8,10,14,16,19-21H2,1-2H3,(H,36,41)(H,37,42)(H,38,43)(H,39,40)/p+1/t24?,27?,32-,33+,45?/m1/s1. The third-order valence-electron chi connectivity index (χ3n) is 8.76. The van der Waals surface area contributed by atoms with Crippen LogP contribution in [0.4, 0.5) is 0 Å². The number of carbonyl (C=O) groups excluding carboxylic acids is 2. The number of carboxylic acids is 1. The van der Waals surface area contributed by atoms with Crippen molar-refractivity contribution < 1.29 is 28.5 Å². The third kappa shape index (κ3) is 8.45. The maximum atomic E-state index is 13.9. The largest absolute Gasteiger partial charge is 0.481 e. The lowest BCUT2D eigenvalue weighted by Crippen LogP contribution is -2.45. The summed E-state index contributed by atoms with van der Waals surface area (Å²) in [6.07, 6.45) is 7.02. The second kappa shape index (κ2) is 14.9. The highest BCUT2D eigenvalue weighted by Crippen LogP contribution is 2.40. The Labute approximate surface area is 266 Å². The van der Waals surface area contributed by atoms with E-state index in [1.165, 1.54) is 0 Å². The summed E-state index contributed by atoms with van der Waals surface area (Å²) in [5.74, 6) is -1.79. The van der Waals surface area contributed by atoms with Crippen LogP contribution in [0.1, 0.15) is 87.8 Å². The normalized spacial score (nSPS) is 21.8. The van der Waals surface area contributed by atoms with Crippen LogP contribution in [0.5, 0.6) is 0 Å². The van der Waals surface area contributed by atoms with E-state index in [1.807, 2.05) is 55.5 Å². The molecular weight excluding hydrogens is 590 g/mol. The number of carbonyl (C=O) groups is 3. The zero-order chi connectivity index (χ0) is 31.9. The summed E-state index contributed by atoms with van der Waals surface area (Å²) >= 11 is 0. The topological polar surface area (TPSA) is 134 Å². The molecule has 3 unspecified atom stereocenters. The first-order chi connectivity index (χ1) is 21.7. The van der Waals surface area contributed by atoms with E-state index >= 15 is 0 Å². The van der Waals surface area contributed by atoms with Crippen molar-refractivity contribution >= 4 is 28.8 Å². The van der Waals surface area contributed by atoms with E-state index < -0.39 is 28.9 Å². The predicted molar refractivity (Wildman–Crippen MR) is 174 cm³/mol. The Kier molecular flexibility index (Phi) is 10.8. The van der Waals surface area contributed by atoms with Crippen LogP contribution in [-0.2, 0) is 49.1 Å². The number of carboxylic acid groups (broad SMARTS) is 1. The molecule has 0 radical (unpaired) electrons. The van der Waals surface area contributed by atoms with Gasteiger partial charge in [0, 0.05) is 12.0 Å². The van der Waals surface area contributed by atoms with Gasteiger partial charge in [-0.25, -0.2) is 5.48 Å². The summed E-state index contributed by atoms with van der Waals surface area (Å²) in [5, 5.41) is 12.1. The van der Waals surface area contributed by atoms with Crippen LogP contribution in [0.3, 0.4) is 0 Å². The van der Waals surface area contributed by atoms with Crippen molar-refractivity contribution in [3.05, 3.63) is 106 Å². The molecule has 45 heavy (non-hydrogen) atoms. The number of hydrogen-bond acceptors (Lipinski definition) is 5. The molecule has 0 bridgehead atoms. The molecule has 238 valence electrons. The summed E-state index contributed by atoms with van der Waals surface area (Å²) in [6.45, 7) is 2.15. The molecule has 10 heteroatoms. The number of thiol groups is 1. The minimum absolute atomic E-state index is 0.0362. The fourth-order valence-electron chi connectivity index (χ4n) is 6.76. The molecule has 5 rings (SSSR count). The molecule has 0 saturated heterocycles. The average Bonchev–Trinajstić information content (AvgIpc) is 3.00. The van der Waals surface area contributed by atoms with Crippen molar-refractivity contribution in [2.24, 2.45) is 5.92 Å². The van der Waals surface area contributed by atoms with Gasteiger partial charge in [-0.1, -0.05) is 83.3 Å². The SMILES string of the molecule is Cc1ccc([C@@H]2NC(=O)c3ccccc3[C@H]2C(=O)NOCc2cccc(CCC(=O)O)c2)c(CC2CCCC(N[SH+](C)=O)C2)c1. The molecule has 1 heterocycles. The van der Waals surface area contributed by atoms with Crippen LogP contribution in [0.25, 0.3) is 0 Å². The smallest absolute Gasteiger partial charge is 0.303 e. The zero-order valence-corrected chi connectivity index (χ0v) is 26.6. The maximum absolute atomic E-state index is 13.9. The predicted octanol–water partition coefficient (Wildman–Crippen LogP) is 4.76. The van der Waals surface area contributed by atoms with Crippen LogP contribution in [0, 0.1) is 12.8 Å². The summed E-state index contributed by atoms with van der Waals surface area (Å²) in [4.78, 5) is 43.9. The monoisotopic (exact) mass is 632 g/mol. The maximum Gasteiger partial charge on any atom is 0.303 e. The van der Waals surface area contributed by atoms with Gasteiger partial charge in [0.05, 0.1) is 24.6 Å². The molecule has 1 saturated carbocycles. The lowest BCUT2D eigenvalue weighted by atomic mass is 9.76. The van der Waals surface area contributed by atoms with E-state index in [2.05, 4.69) is 21.6 Å². The highest BCUT2D eigenvalue weighted by Gasteiger charge is 2.40. The van der Waals surface area contributed by atoms with Gasteiger partial charge in [0.1, 0.15) is 17.2 Å². The molecule has 5 atom stereocenters. The number of amides is 2. The van der Waals surface area contributed by atoms with Gasteiger partial charge < -0.3 is 10.4 Å². The summed E-state index contributed by atoms with van der Waals surface area (Å²) in [7, 11) is -1.42. The van der Waals surface area contributed by atoms with Crippen molar-refractivity contribution in [3.8, 4) is 0 Å². The molecular formula is C35H42N3O6S+. The Bertz CT molecular complexity index is 1580. The molecule has 0 aromatic heterocycles. The van der Waals surface area contributed by atoms with Crippen molar-refractivity contribution in [3.63, 3.8) is 0 Å². The first-order valence-electron chi connectivity index (χ1n) is 15.6. The molecule has 4 N–H and O–H groups in total. The van der Waals surface area contributed by atoms with E-state index in [4.69, 9.17) is 9.94 Å². The summed E-state index contributed by atoms with van der Waals surface area (Å²) < 4.78 is 15.1. The second-order valence-electron chi connectivity index (χ2n) is 12.2. The van der Waals surface area contributed by atoms with Crippen molar-refractivity contribution in [2.75, 3.05) is 6.26 Å². The van der Waals surface area contributed by atoms with Gasteiger partial charge >= 0.3 is 5.97 Å². The first-order valence-corrected chi connectivity index (χ1v) is 17.3. The number of fused-ring (bicyclic) bond motifs is 1. The minimum Gasteiger partial charge on any atom is -0.481 e. The number of nitrogens with one attached hydrogen (secondary N) is 3. The quantitative estimate of drug-likeness (QED) is 0.129. The molecule has 9 nitrogen and oxygen atoms in total. The molecule has 0 spiro atoms. The van der Waals surface area contributed by atoms with E-state index in [1.54, 1.807) is 18.4 Å². The summed E-state index contributed by atoms with van der Waals surface area (Å²) in [5.41, 5.74) is 8.54. The van der Waals surface area contributed by atoms with Crippen molar-refractivity contribution in [2.45, 2.75) is 76.5 Å². The van der Waals surface area contributed by atoms with Gasteiger partial charge in [0.2, 0.25) is 0 Å². The first kappa shape index (κ1) is 32.5.